The van der Waals surface area contributed by atoms with Gasteiger partial charge in [0.2, 0.25) is 0 Å². The molecule has 2 heterocycles. The number of hydrogen-bond acceptors (Lipinski definition) is 2. The summed E-state index contributed by atoms with van der Waals surface area (Å²) in [5, 5.41) is 0. The Labute approximate surface area is 175 Å². The molecule has 0 radical (unpaired) electrons. The number of hydrogen-bond donors (Lipinski definition) is 1. The Morgan fingerprint density at radius 3 is 1.75 bits per heavy atom. The molecule has 28 heavy (non-hydrogen) atoms. The summed E-state index contributed by atoms with van der Waals surface area (Å²) in [5.41, 5.74) is 5.39. The summed E-state index contributed by atoms with van der Waals surface area (Å²) in [4.78, 5) is 19.5. The van der Waals surface area contributed by atoms with E-state index in [4.69, 9.17) is 0 Å². The van der Waals surface area contributed by atoms with E-state index >= 15 is 0 Å². The van der Waals surface area contributed by atoms with E-state index in [0.717, 1.165) is 22.5 Å². The van der Waals surface area contributed by atoms with E-state index in [-0.39, 0.29) is 13.1 Å². The molecule has 2 aromatic rings. The molecule has 0 aliphatic rings. The SMILES string of the molecule is CC.CC.CC(C)c1ccccn1.Cc1[nH]c(C(C)C)c(C)c1C(=O)C(C)C.[HH]. The van der Waals surface area contributed by atoms with E-state index in [1.165, 1.54) is 5.69 Å². The number of carbonyl (C=O) groups is 1. The van der Waals surface area contributed by atoms with Crippen LogP contribution in [0.25, 0.3) is 0 Å². The molecule has 0 aliphatic carbocycles. The summed E-state index contributed by atoms with van der Waals surface area (Å²) in [6.07, 6.45) is 1.83. The molecule has 0 aromatic carbocycles. The van der Waals surface area contributed by atoms with Gasteiger partial charge in [-0.3, -0.25) is 9.78 Å². The fraction of sp³-hybridized carbons (Fsp3) is 0.600. The molecular formula is C25H46N2O. The highest BCUT2D eigenvalue weighted by atomic mass is 16.1. The average molecular weight is 391 g/mol. The molecule has 0 saturated heterocycles. The maximum atomic E-state index is 12.0. The van der Waals surface area contributed by atoms with Crippen LogP contribution in [0, 0.1) is 19.8 Å². The van der Waals surface area contributed by atoms with Crippen LogP contribution < -0.4 is 0 Å². The number of Topliss-reactive ketones (excluding diaryl/α,β-unsaturated/α-hetero) is 1. The predicted octanol–water partition coefficient (Wildman–Crippen LogP) is 8.10. The Morgan fingerprint density at radius 2 is 1.46 bits per heavy atom. The average Bonchev–Trinajstić information content (AvgIpc) is 3.00. The standard InChI is InChI=1S/C13H21NO.C8H11N.2C2H6.H2/c1-7(2)12-9(5)11(10(6)14-12)13(15)8(3)4;1-7(2)8-5-3-4-6-9-8;2*1-2;/h7-8,14H,1-6H3;3-7H,1-2H3;2*1-2H3;1H. The molecular weight excluding hydrogens is 344 g/mol. The first-order valence-electron chi connectivity index (χ1n) is 10.8. The van der Waals surface area contributed by atoms with E-state index in [0.29, 0.717) is 11.8 Å². The second-order valence-electron chi connectivity index (χ2n) is 7.25. The number of carbonyl (C=O) groups excluding carboxylic acids is 1. The van der Waals surface area contributed by atoms with Crippen molar-refractivity contribution in [2.24, 2.45) is 5.92 Å². The Hall–Kier alpha value is -1.90. The summed E-state index contributed by atoms with van der Waals surface area (Å²) in [6.45, 7) is 24.5. The lowest BCUT2D eigenvalue weighted by molar-refractivity contribution is 0.0938. The number of rotatable bonds is 4. The molecule has 0 unspecified atom stereocenters. The Morgan fingerprint density at radius 1 is 0.929 bits per heavy atom. The number of aromatic amines is 1. The van der Waals surface area contributed by atoms with E-state index < -0.39 is 0 Å². The molecule has 2 rings (SSSR count). The molecule has 3 nitrogen and oxygen atoms in total. The zero-order valence-electron chi connectivity index (χ0n) is 20.4. The minimum Gasteiger partial charge on any atom is -0.361 e. The van der Waals surface area contributed by atoms with Gasteiger partial charge in [0.25, 0.3) is 0 Å². The van der Waals surface area contributed by atoms with Gasteiger partial charge in [0.15, 0.2) is 5.78 Å². The number of aryl methyl sites for hydroxylation is 1. The van der Waals surface area contributed by atoms with Crippen molar-refractivity contribution in [2.75, 3.05) is 0 Å². The van der Waals surface area contributed by atoms with Crippen molar-refractivity contribution in [3.05, 3.63) is 52.6 Å². The molecule has 0 amide bonds. The topological polar surface area (TPSA) is 45.8 Å². The van der Waals surface area contributed by atoms with Gasteiger partial charge < -0.3 is 4.98 Å². The van der Waals surface area contributed by atoms with Gasteiger partial charge >= 0.3 is 0 Å². The minimum absolute atomic E-state index is 0. The molecule has 0 saturated carbocycles. The number of ketones is 1. The molecule has 1 N–H and O–H groups in total. The first-order chi connectivity index (χ1) is 13.2. The first-order valence-corrected chi connectivity index (χ1v) is 10.8. The second kappa shape index (κ2) is 15.1. The Kier molecular flexibility index (Phi) is 15.2. The smallest absolute Gasteiger partial charge is 0.167 e. The van der Waals surface area contributed by atoms with Gasteiger partial charge in [-0.05, 0) is 43.4 Å². The zero-order chi connectivity index (χ0) is 22.4. The maximum absolute atomic E-state index is 12.0. The zero-order valence-corrected chi connectivity index (χ0v) is 20.4. The molecule has 2 aromatic heterocycles. The third-order valence-electron chi connectivity index (χ3n) is 4.10. The van der Waals surface area contributed by atoms with Crippen LogP contribution in [0.4, 0.5) is 0 Å². The van der Waals surface area contributed by atoms with E-state index in [1.807, 2.05) is 79.8 Å². The van der Waals surface area contributed by atoms with Gasteiger partial charge in [0.05, 0.1) is 0 Å². The van der Waals surface area contributed by atoms with Gasteiger partial charge in [-0.1, -0.05) is 75.3 Å². The van der Waals surface area contributed by atoms with Crippen molar-refractivity contribution < 1.29 is 6.22 Å². The highest BCUT2D eigenvalue weighted by Crippen LogP contribution is 2.26. The lowest BCUT2D eigenvalue weighted by atomic mass is 9.96. The quantitative estimate of drug-likeness (QED) is 0.536. The lowest BCUT2D eigenvalue weighted by Crippen LogP contribution is -2.09. The molecule has 0 aliphatic heterocycles. The van der Waals surface area contributed by atoms with Crippen molar-refractivity contribution in [3.63, 3.8) is 0 Å². The van der Waals surface area contributed by atoms with E-state index in [9.17, 15) is 4.79 Å². The van der Waals surface area contributed by atoms with Crippen molar-refractivity contribution >= 4 is 5.78 Å². The molecule has 3 heteroatoms. The maximum Gasteiger partial charge on any atom is 0.167 e. The number of nitrogens with one attached hydrogen (secondary N) is 1. The number of nitrogens with zero attached hydrogens (tertiary/aromatic N) is 1. The first kappa shape index (κ1) is 28.3. The third-order valence-corrected chi connectivity index (χ3v) is 4.10. The molecule has 0 spiro atoms. The largest absolute Gasteiger partial charge is 0.361 e. The summed E-state index contributed by atoms with van der Waals surface area (Å²) in [5.74, 6) is 1.30. The number of pyridine rings is 1. The third kappa shape index (κ3) is 8.86. The summed E-state index contributed by atoms with van der Waals surface area (Å²) in [6, 6.07) is 6.00. The summed E-state index contributed by atoms with van der Waals surface area (Å²) in [7, 11) is 0. The van der Waals surface area contributed by atoms with Crippen molar-refractivity contribution in [2.45, 2.75) is 94.9 Å². The normalized spacial score (nSPS) is 9.82. The second-order valence-corrected chi connectivity index (χ2v) is 7.25. The minimum atomic E-state index is 0. The molecule has 0 atom stereocenters. The van der Waals surface area contributed by atoms with E-state index in [2.05, 4.69) is 37.7 Å². The van der Waals surface area contributed by atoms with Crippen LogP contribution in [-0.2, 0) is 0 Å². The van der Waals surface area contributed by atoms with Crippen LogP contribution >= 0.6 is 0 Å². The van der Waals surface area contributed by atoms with Gasteiger partial charge in [0, 0.05) is 36.2 Å². The molecule has 0 fully saturated rings. The van der Waals surface area contributed by atoms with Gasteiger partial charge in [-0.15, -0.1) is 0 Å². The van der Waals surface area contributed by atoms with Crippen LogP contribution in [-0.4, -0.2) is 15.8 Å². The van der Waals surface area contributed by atoms with Gasteiger partial charge in [0.1, 0.15) is 0 Å². The summed E-state index contributed by atoms with van der Waals surface area (Å²) >= 11 is 0. The van der Waals surface area contributed by atoms with Crippen molar-refractivity contribution in [1.29, 1.82) is 0 Å². The number of H-pyrrole nitrogens is 1. The highest BCUT2D eigenvalue weighted by molar-refractivity contribution is 6.00. The predicted molar refractivity (Wildman–Crippen MR) is 127 cm³/mol. The Balaban J connectivity index is -0.000000415. The van der Waals surface area contributed by atoms with Gasteiger partial charge in [-0.25, -0.2) is 0 Å². The van der Waals surface area contributed by atoms with Crippen molar-refractivity contribution in [1.82, 2.24) is 9.97 Å². The summed E-state index contributed by atoms with van der Waals surface area (Å²) < 4.78 is 0. The molecule has 0 bridgehead atoms. The molecule has 162 valence electrons. The van der Waals surface area contributed by atoms with Crippen molar-refractivity contribution in [3.8, 4) is 0 Å². The van der Waals surface area contributed by atoms with Crippen LogP contribution in [0.3, 0.4) is 0 Å². The van der Waals surface area contributed by atoms with E-state index in [1.54, 1.807) is 0 Å². The lowest BCUT2D eigenvalue weighted by Gasteiger charge is -2.06. The van der Waals surface area contributed by atoms with Crippen LogP contribution in [0.2, 0.25) is 0 Å². The Bertz CT molecular complexity index is 659. The fourth-order valence-electron chi connectivity index (χ4n) is 2.73. The highest BCUT2D eigenvalue weighted by Gasteiger charge is 2.21. The fourth-order valence-corrected chi connectivity index (χ4v) is 2.73. The van der Waals surface area contributed by atoms with Crippen LogP contribution in [0.5, 0.6) is 0 Å². The monoisotopic (exact) mass is 390 g/mol. The van der Waals surface area contributed by atoms with Crippen LogP contribution in [0.1, 0.15) is 116 Å². The van der Waals surface area contributed by atoms with Gasteiger partial charge in [-0.2, -0.15) is 0 Å². The van der Waals surface area contributed by atoms with Crippen LogP contribution in [0.15, 0.2) is 24.4 Å². The number of aromatic nitrogens is 2.